The van der Waals surface area contributed by atoms with Crippen LogP contribution in [0, 0.1) is 11.8 Å². The molecule has 0 unspecified atom stereocenters. The Morgan fingerprint density at radius 3 is 2.67 bits per heavy atom. The van der Waals surface area contributed by atoms with Gasteiger partial charge in [0.1, 0.15) is 0 Å². The van der Waals surface area contributed by atoms with E-state index in [0.717, 1.165) is 54.8 Å². The smallest absolute Gasteiger partial charge is 0.419 e. The van der Waals surface area contributed by atoms with E-state index in [-0.39, 0.29) is 5.56 Å². The van der Waals surface area contributed by atoms with Crippen molar-refractivity contribution in [2.75, 3.05) is 13.1 Å². The lowest BCUT2D eigenvalue weighted by Crippen LogP contribution is -2.41. The molecule has 0 bridgehead atoms. The summed E-state index contributed by atoms with van der Waals surface area (Å²) in [6.07, 6.45) is 3.19. The van der Waals surface area contributed by atoms with E-state index in [1.54, 1.807) is 6.07 Å². The molecule has 10 heteroatoms. The minimum Gasteiger partial charge on any atom is -0.427 e. The maximum atomic E-state index is 14.1. The van der Waals surface area contributed by atoms with Gasteiger partial charge >= 0.3 is 6.18 Å². The number of halogens is 3. The first kappa shape index (κ1) is 25.7. The Kier molecular flexibility index (Phi) is 6.32. The second-order valence-corrected chi connectivity index (χ2v) is 11.3. The number of likely N-dealkylation sites (tertiary alicyclic amines) is 1. The van der Waals surface area contributed by atoms with Gasteiger partial charge in [-0.2, -0.15) is 13.2 Å². The Balaban J connectivity index is 1.44. The first-order valence-electron chi connectivity index (χ1n) is 13.4. The van der Waals surface area contributed by atoms with Gasteiger partial charge in [-0.05, 0) is 72.9 Å². The molecule has 2 aliphatic rings. The molecule has 0 radical (unpaired) electrons. The molecular formula is C29H30F3N5O2. The molecule has 1 aliphatic carbocycles. The number of fused-ring (bicyclic) bond motifs is 1. The van der Waals surface area contributed by atoms with Crippen LogP contribution in [0.1, 0.15) is 62.1 Å². The van der Waals surface area contributed by atoms with Crippen LogP contribution in [0.3, 0.4) is 0 Å². The van der Waals surface area contributed by atoms with Crippen LogP contribution in [0.15, 0.2) is 58.3 Å². The Morgan fingerprint density at radius 2 is 1.97 bits per heavy atom. The number of piperidine rings is 1. The molecule has 6 rings (SSSR count). The van der Waals surface area contributed by atoms with Gasteiger partial charge in [-0.1, -0.05) is 32.0 Å². The largest absolute Gasteiger partial charge is 0.427 e. The molecule has 0 amide bonds. The number of hydrogen-bond donors (Lipinski definition) is 0. The van der Waals surface area contributed by atoms with Crippen LogP contribution in [-0.2, 0) is 18.1 Å². The quantitative estimate of drug-likeness (QED) is 0.325. The highest BCUT2D eigenvalue weighted by atomic mass is 19.4. The molecule has 1 aromatic carbocycles. The van der Waals surface area contributed by atoms with E-state index in [1.807, 2.05) is 18.2 Å². The lowest BCUT2D eigenvalue weighted by Gasteiger charge is -2.44. The molecule has 7 nitrogen and oxygen atoms in total. The van der Waals surface area contributed by atoms with Crippen LogP contribution >= 0.6 is 0 Å². The highest BCUT2D eigenvalue weighted by molar-refractivity contribution is 5.65. The van der Waals surface area contributed by atoms with Crippen molar-refractivity contribution < 1.29 is 17.6 Å². The van der Waals surface area contributed by atoms with Gasteiger partial charge in [-0.25, -0.2) is 4.98 Å². The summed E-state index contributed by atoms with van der Waals surface area (Å²) in [5, 5.41) is 8.03. The zero-order valence-electron chi connectivity index (χ0n) is 21.9. The van der Waals surface area contributed by atoms with Crippen LogP contribution in [-0.4, -0.2) is 37.6 Å². The average Bonchev–Trinajstić information content (AvgIpc) is 3.42. The lowest BCUT2D eigenvalue weighted by molar-refractivity contribution is -0.136. The third-order valence-electron chi connectivity index (χ3n) is 8.20. The van der Waals surface area contributed by atoms with Gasteiger partial charge in [0.15, 0.2) is 5.65 Å². The summed E-state index contributed by atoms with van der Waals surface area (Å²) in [6, 6.07) is 8.61. The van der Waals surface area contributed by atoms with Gasteiger partial charge < -0.3 is 4.42 Å². The van der Waals surface area contributed by atoms with Gasteiger partial charge in [0.25, 0.3) is 5.56 Å². The fourth-order valence-electron chi connectivity index (χ4n) is 6.45. The Hall–Kier alpha value is -3.53. The molecule has 1 saturated heterocycles. The molecular weight excluding hydrogens is 507 g/mol. The second-order valence-electron chi connectivity index (χ2n) is 11.3. The SMILES string of the molecule is CC1CC(c2cccc(-c3cnc4c(C(F)(F)F)cc(CN5CCC[C@H](C)C5)cn4c3=O)c2)(c2nnco2)C1. The number of alkyl halides is 3. The Bertz CT molecular complexity index is 1560. The second kappa shape index (κ2) is 9.59. The van der Waals surface area contributed by atoms with Crippen LogP contribution in [0.25, 0.3) is 16.8 Å². The number of pyridine rings is 1. The first-order valence-corrected chi connectivity index (χ1v) is 13.4. The fraction of sp³-hybridized carbons (Fsp3) is 0.448. The molecule has 0 N–H and O–H groups in total. The van der Waals surface area contributed by atoms with Crippen molar-refractivity contribution in [3.8, 4) is 11.1 Å². The number of rotatable bonds is 5. The summed E-state index contributed by atoms with van der Waals surface area (Å²) < 4.78 is 49.0. The lowest BCUT2D eigenvalue weighted by atomic mass is 9.59. The van der Waals surface area contributed by atoms with Crippen LogP contribution < -0.4 is 5.56 Å². The maximum absolute atomic E-state index is 14.1. The summed E-state index contributed by atoms with van der Waals surface area (Å²) in [6.45, 7) is 6.29. The van der Waals surface area contributed by atoms with E-state index < -0.39 is 28.4 Å². The Labute approximate surface area is 223 Å². The maximum Gasteiger partial charge on any atom is 0.419 e. The van der Waals surface area contributed by atoms with Crippen molar-refractivity contribution >= 4 is 5.65 Å². The van der Waals surface area contributed by atoms with Crippen LogP contribution in [0.2, 0.25) is 0 Å². The van der Waals surface area contributed by atoms with E-state index >= 15 is 0 Å². The van der Waals surface area contributed by atoms with Crippen molar-refractivity contribution in [3.63, 3.8) is 0 Å². The molecule has 3 aromatic heterocycles. The third-order valence-corrected chi connectivity index (χ3v) is 8.20. The number of benzene rings is 1. The van der Waals surface area contributed by atoms with Crippen molar-refractivity contribution in [3.05, 3.63) is 82.1 Å². The minimum atomic E-state index is -4.64. The van der Waals surface area contributed by atoms with Gasteiger partial charge in [0.05, 0.1) is 16.5 Å². The van der Waals surface area contributed by atoms with Crippen LogP contribution in [0.5, 0.6) is 0 Å². The molecule has 1 atom stereocenters. The molecule has 1 aliphatic heterocycles. The third kappa shape index (κ3) is 4.64. The van der Waals surface area contributed by atoms with E-state index in [2.05, 4.69) is 33.9 Å². The number of hydrogen-bond acceptors (Lipinski definition) is 6. The molecule has 2 fully saturated rings. The summed E-state index contributed by atoms with van der Waals surface area (Å²) in [5.41, 5.74) is -0.0895. The monoisotopic (exact) mass is 537 g/mol. The molecule has 4 aromatic rings. The van der Waals surface area contributed by atoms with E-state index in [1.165, 1.54) is 18.8 Å². The molecule has 204 valence electrons. The van der Waals surface area contributed by atoms with Crippen molar-refractivity contribution in [2.45, 2.75) is 57.7 Å². The van der Waals surface area contributed by atoms with Crippen molar-refractivity contribution in [1.82, 2.24) is 24.5 Å². The standard InChI is InChI=1S/C29H30F3N5O2/c1-18-5-4-8-36(14-18)15-20-9-24(29(30,31)32)25-33-13-23(26(38)37(25)16-20)21-6-3-7-22(10-21)28(11-19(2)12-28)27-35-34-17-39-27/h3,6-7,9-10,13,16-19H,4-5,8,11-12,14-15H2,1-2H3/t18-,19?,28?/m0/s1. The molecule has 4 heterocycles. The predicted molar refractivity (Wildman–Crippen MR) is 139 cm³/mol. The van der Waals surface area contributed by atoms with Gasteiger partial charge in [0, 0.05) is 25.5 Å². The summed E-state index contributed by atoms with van der Waals surface area (Å²) in [7, 11) is 0. The summed E-state index contributed by atoms with van der Waals surface area (Å²) in [5.74, 6) is 1.48. The van der Waals surface area contributed by atoms with Crippen molar-refractivity contribution in [1.29, 1.82) is 0 Å². The molecule has 1 saturated carbocycles. The molecule has 0 spiro atoms. The highest BCUT2D eigenvalue weighted by Crippen LogP contribution is 2.52. The van der Waals surface area contributed by atoms with Gasteiger partial charge in [-0.15, -0.1) is 10.2 Å². The van der Waals surface area contributed by atoms with E-state index in [4.69, 9.17) is 4.42 Å². The van der Waals surface area contributed by atoms with E-state index in [9.17, 15) is 18.0 Å². The zero-order valence-corrected chi connectivity index (χ0v) is 21.9. The van der Waals surface area contributed by atoms with Crippen molar-refractivity contribution in [2.24, 2.45) is 11.8 Å². The average molecular weight is 538 g/mol. The minimum absolute atomic E-state index is 0.235. The fourth-order valence-corrected chi connectivity index (χ4v) is 6.45. The highest BCUT2D eigenvalue weighted by Gasteiger charge is 2.49. The first-order chi connectivity index (χ1) is 18.6. The summed E-state index contributed by atoms with van der Waals surface area (Å²) in [4.78, 5) is 20.0. The predicted octanol–water partition coefficient (Wildman–Crippen LogP) is 5.71. The number of aromatic nitrogens is 4. The summed E-state index contributed by atoms with van der Waals surface area (Å²) >= 11 is 0. The van der Waals surface area contributed by atoms with Crippen LogP contribution in [0.4, 0.5) is 13.2 Å². The zero-order chi connectivity index (χ0) is 27.4. The van der Waals surface area contributed by atoms with E-state index in [0.29, 0.717) is 35.4 Å². The molecule has 39 heavy (non-hydrogen) atoms. The number of nitrogens with zero attached hydrogens (tertiary/aromatic N) is 5. The van der Waals surface area contributed by atoms with Gasteiger partial charge in [-0.3, -0.25) is 14.1 Å². The van der Waals surface area contributed by atoms with Gasteiger partial charge in [0.2, 0.25) is 12.3 Å². The normalized spacial score (nSPS) is 24.1. The Morgan fingerprint density at radius 1 is 1.15 bits per heavy atom. The topological polar surface area (TPSA) is 76.5 Å².